The lowest BCUT2D eigenvalue weighted by Gasteiger charge is -2.19. The van der Waals surface area contributed by atoms with Crippen molar-refractivity contribution in [3.63, 3.8) is 0 Å². The molecule has 2 unspecified atom stereocenters. The van der Waals surface area contributed by atoms with Crippen molar-refractivity contribution in [2.24, 2.45) is 11.8 Å². The van der Waals surface area contributed by atoms with Gasteiger partial charge in [0.15, 0.2) is 0 Å². The molecular weight excluding hydrogens is 404 g/mol. The number of imidazole rings is 1. The van der Waals surface area contributed by atoms with Crippen LogP contribution in [0.5, 0.6) is 0 Å². The van der Waals surface area contributed by atoms with Crippen LogP contribution in [0.1, 0.15) is 52.1 Å². The number of hydrogen-bond acceptors (Lipinski definition) is 6. The molecule has 9 heteroatoms. The van der Waals surface area contributed by atoms with Crippen molar-refractivity contribution < 1.29 is 9.32 Å². The summed E-state index contributed by atoms with van der Waals surface area (Å²) in [6.07, 6.45) is 5.18. The Morgan fingerprint density at radius 3 is 3.03 bits per heavy atom. The number of aromatic amines is 1. The van der Waals surface area contributed by atoms with Crippen molar-refractivity contribution in [2.75, 3.05) is 18.0 Å². The summed E-state index contributed by atoms with van der Waals surface area (Å²) in [5, 5.41) is 7.49. The molecule has 0 radical (unpaired) electrons. The quantitative estimate of drug-likeness (QED) is 0.611. The molecule has 1 saturated heterocycles. The van der Waals surface area contributed by atoms with Crippen LogP contribution in [0.3, 0.4) is 0 Å². The standard InChI is InChI=1S/C21H21ClN6O2/c22-20-11(1-4-18(26-20)28-8-12-5-13(12)9-28)6-14-7-17(30-27-14)21(29)25-16-3-2-15-19(16)24-10-23-15/h1,4,7,10,12-13,16H,2-3,5-6,8-9H2,(H,23,24)(H,25,29)/t12?,13?,16-/m1/s1. The highest BCUT2D eigenvalue weighted by Crippen LogP contribution is 2.46. The first kappa shape index (κ1) is 17.9. The summed E-state index contributed by atoms with van der Waals surface area (Å²) >= 11 is 6.44. The summed E-state index contributed by atoms with van der Waals surface area (Å²) in [5.74, 6) is 2.51. The highest BCUT2D eigenvalue weighted by atomic mass is 35.5. The Bertz CT molecular complexity index is 1110. The van der Waals surface area contributed by atoms with E-state index in [1.54, 1.807) is 12.4 Å². The summed E-state index contributed by atoms with van der Waals surface area (Å²) in [7, 11) is 0. The summed E-state index contributed by atoms with van der Waals surface area (Å²) in [5.41, 5.74) is 3.49. The predicted molar refractivity (Wildman–Crippen MR) is 109 cm³/mol. The molecule has 1 aliphatic heterocycles. The van der Waals surface area contributed by atoms with Crippen LogP contribution in [0.4, 0.5) is 5.82 Å². The number of H-pyrrole nitrogens is 1. The number of pyridine rings is 1. The first-order valence-electron chi connectivity index (χ1n) is 10.3. The van der Waals surface area contributed by atoms with E-state index in [0.29, 0.717) is 17.3 Å². The van der Waals surface area contributed by atoms with Gasteiger partial charge in [-0.25, -0.2) is 9.97 Å². The van der Waals surface area contributed by atoms with Gasteiger partial charge in [0.05, 0.1) is 23.8 Å². The zero-order valence-electron chi connectivity index (χ0n) is 16.3. The van der Waals surface area contributed by atoms with E-state index in [2.05, 4.69) is 30.3 Å². The average molecular weight is 425 g/mol. The second-order valence-corrected chi connectivity index (χ2v) is 8.83. The number of anilines is 1. The molecule has 1 saturated carbocycles. The summed E-state index contributed by atoms with van der Waals surface area (Å²) in [6.45, 7) is 2.16. The number of halogens is 1. The molecule has 1 amide bonds. The van der Waals surface area contributed by atoms with E-state index in [9.17, 15) is 4.79 Å². The highest BCUT2D eigenvalue weighted by molar-refractivity contribution is 6.30. The van der Waals surface area contributed by atoms with Gasteiger partial charge < -0.3 is 19.7 Å². The maximum Gasteiger partial charge on any atom is 0.290 e. The minimum absolute atomic E-state index is 0.102. The Morgan fingerprint density at radius 2 is 2.20 bits per heavy atom. The van der Waals surface area contributed by atoms with E-state index in [1.165, 1.54) is 6.42 Å². The van der Waals surface area contributed by atoms with E-state index >= 15 is 0 Å². The molecule has 30 heavy (non-hydrogen) atoms. The van der Waals surface area contributed by atoms with Crippen molar-refractivity contribution in [3.05, 3.63) is 58.1 Å². The van der Waals surface area contributed by atoms with Gasteiger partial charge in [0.25, 0.3) is 5.91 Å². The van der Waals surface area contributed by atoms with E-state index in [-0.39, 0.29) is 17.7 Å². The minimum atomic E-state index is -0.290. The molecule has 0 bridgehead atoms. The van der Waals surface area contributed by atoms with E-state index < -0.39 is 0 Å². The van der Waals surface area contributed by atoms with Crippen LogP contribution in [0, 0.1) is 11.8 Å². The molecule has 3 aliphatic rings. The number of nitrogens with zero attached hydrogens (tertiary/aromatic N) is 4. The largest absolute Gasteiger partial charge is 0.356 e. The maximum absolute atomic E-state index is 12.6. The lowest BCUT2D eigenvalue weighted by Crippen LogP contribution is -2.27. The Morgan fingerprint density at radius 1 is 1.33 bits per heavy atom. The number of piperidine rings is 1. The number of aromatic nitrogens is 4. The monoisotopic (exact) mass is 424 g/mol. The van der Waals surface area contributed by atoms with Crippen LogP contribution in [0.25, 0.3) is 0 Å². The van der Waals surface area contributed by atoms with Gasteiger partial charge >= 0.3 is 0 Å². The maximum atomic E-state index is 12.6. The number of nitrogens with one attached hydrogen (secondary N) is 2. The second-order valence-electron chi connectivity index (χ2n) is 8.47. The summed E-state index contributed by atoms with van der Waals surface area (Å²) in [6, 6.07) is 5.56. The van der Waals surface area contributed by atoms with Crippen molar-refractivity contribution >= 4 is 23.3 Å². The third-order valence-electron chi connectivity index (χ3n) is 6.44. The van der Waals surface area contributed by atoms with Crippen LogP contribution in [0.2, 0.25) is 5.15 Å². The lowest BCUT2D eigenvalue weighted by molar-refractivity contribution is 0.0898. The van der Waals surface area contributed by atoms with E-state index in [4.69, 9.17) is 16.1 Å². The highest BCUT2D eigenvalue weighted by Gasteiger charge is 2.45. The molecular formula is C21H21ClN6O2. The molecule has 3 aromatic rings. The first-order valence-corrected chi connectivity index (χ1v) is 10.7. The van der Waals surface area contributed by atoms with Gasteiger partial charge in [0.2, 0.25) is 5.76 Å². The third kappa shape index (κ3) is 3.15. The zero-order chi connectivity index (χ0) is 20.2. The van der Waals surface area contributed by atoms with E-state index in [0.717, 1.165) is 60.5 Å². The molecule has 3 aromatic heterocycles. The Hall–Kier alpha value is -2.87. The number of fused-ring (bicyclic) bond motifs is 2. The molecule has 2 fully saturated rings. The molecule has 3 atom stereocenters. The molecule has 0 aromatic carbocycles. The van der Waals surface area contributed by atoms with Gasteiger partial charge in [-0.1, -0.05) is 22.8 Å². The van der Waals surface area contributed by atoms with Gasteiger partial charge in [-0.3, -0.25) is 4.79 Å². The topological polar surface area (TPSA) is 99.9 Å². The van der Waals surface area contributed by atoms with Gasteiger partial charge in [-0.15, -0.1) is 0 Å². The first-order chi connectivity index (χ1) is 14.6. The lowest BCUT2D eigenvalue weighted by atomic mass is 10.1. The third-order valence-corrected chi connectivity index (χ3v) is 6.77. The predicted octanol–water partition coefficient (Wildman–Crippen LogP) is 2.91. The van der Waals surface area contributed by atoms with Crippen LogP contribution >= 0.6 is 11.6 Å². The van der Waals surface area contributed by atoms with Crippen LogP contribution < -0.4 is 10.2 Å². The molecule has 154 valence electrons. The Balaban J connectivity index is 1.12. The van der Waals surface area contributed by atoms with Crippen molar-refractivity contribution in [3.8, 4) is 0 Å². The van der Waals surface area contributed by atoms with Gasteiger partial charge in [0.1, 0.15) is 11.0 Å². The number of rotatable bonds is 5. The minimum Gasteiger partial charge on any atom is -0.356 e. The number of carbonyl (C=O) groups is 1. The summed E-state index contributed by atoms with van der Waals surface area (Å²) in [4.78, 5) is 26.8. The molecule has 8 nitrogen and oxygen atoms in total. The van der Waals surface area contributed by atoms with Crippen molar-refractivity contribution in [1.82, 2.24) is 25.4 Å². The van der Waals surface area contributed by atoms with Gasteiger partial charge in [-0.05, 0) is 42.7 Å². The van der Waals surface area contributed by atoms with Crippen LogP contribution in [-0.2, 0) is 12.8 Å². The zero-order valence-corrected chi connectivity index (χ0v) is 17.0. The molecule has 4 heterocycles. The molecule has 2 aliphatic carbocycles. The smallest absolute Gasteiger partial charge is 0.290 e. The Kier molecular flexibility index (Phi) is 4.09. The number of amides is 1. The number of hydrogen-bond donors (Lipinski definition) is 2. The molecule has 0 spiro atoms. The number of carbonyl (C=O) groups excluding carboxylic acids is 1. The van der Waals surface area contributed by atoms with Gasteiger partial charge in [-0.2, -0.15) is 0 Å². The van der Waals surface area contributed by atoms with Crippen LogP contribution in [-0.4, -0.2) is 39.1 Å². The fourth-order valence-electron chi connectivity index (χ4n) is 4.67. The molecule has 6 rings (SSSR count). The molecule has 2 N–H and O–H groups in total. The fourth-order valence-corrected chi connectivity index (χ4v) is 4.89. The fraction of sp³-hybridized carbons (Fsp3) is 0.429. The van der Waals surface area contributed by atoms with Gasteiger partial charge in [0, 0.05) is 31.3 Å². The van der Waals surface area contributed by atoms with E-state index in [1.807, 2.05) is 12.1 Å². The van der Waals surface area contributed by atoms with Crippen molar-refractivity contribution in [2.45, 2.75) is 31.7 Å². The SMILES string of the molecule is O=C(N[C@@H]1CCc2[nH]cnc21)c1cc(Cc2ccc(N3CC4CC4C3)nc2Cl)no1. The Labute approximate surface area is 178 Å². The summed E-state index contributed by atoms with van der Waals surface area (Å²) < 4.78 is 5.28. The van der Waals surface area contributed by atoms with Crippen LogP contribution in [0.15, 0.2) is 29.0 Å². The van der Waals surface area contributed by atoms with Crippen molar-refractivity contribution in [1.29, 1.82) is 0 Å². The second kappa shape index (κ2) is 6.84. The number of aryl methyl sites for hydroxylation is 1. The average Bonchev–Trinajstić information content (AvgIpc) is 3.24. The normalized spacial score (nSPS) is 24.0.